The Kier molecular flexibility index (Phi) is 4.30. The zero-order chi connectivity index (χ0) is 18.1. The topological polar surface area (TPSA) is 79.1 Å². The van der Waals surface area contributed by atoms with Crippen LogP contribution in [0.1, 0.15) is 28.7 Å². The summed E-state index contributed by atoms with van der Waals surface area (Å²) < 4.78 is 1.97. The average Bonchev–Trinajstić information content (AvgIpc) is 3.10. The third kappa shape index (κ3) is 3.13. The first kappa shape index (κ1) is 16.5. The summed E-state index contributed by atoms with van der Waals surface area (Å²) in [6.45, 7) is 4.15. The van der Waals surface area contributed by atoms with E-state index in [0.29, 0.717) is 18.2 Å². The summed E-state index contributed by atoms with van der Waals surface area (Å²) in [7, 11) is 1.86. The Labute approximate surface area is 152 Å². The molecule has 0 spiro atoms. The molecule has 4 rings (SSSR count). The fourth-order valence-electron chi connectivity index (χ4n) is 3.22. The van der Waals surface area contributed by atoms with Crippen LogP contribution in [-0.2, 0) is 13.1 Å². The van der Waals surface area contributed by atoms with Crippen LogP contribution in [0.5, 0.6) is 0 Å². The number of aliphatic hydroxyl groups excluding tert-OH is 1. The minimum Gasteiger partial charge on any atom is -0.382 e. The van der Waals surface area contributed by atoms with E-state index in [2.05, 4.69) is 25.3 Å². The lowest BCUT2D eigenvalue weighted by atomic mass is 10.1. The van der Waals surface area contributed by atoms with Crippen molar-refractivity contribution in [1.29, 1.82) is 0 Å². The van der Waals surface area contributed by atoms with E-state index in [-0.39, 0.29) is 0 Å². The summed E-state index contributed by atoms with van der Waals surface area (Å²) >= 11 is 0. The fraction of sp³-hybridized carbons (Fsp3) is 0.316. The predicted molar refractivity (Wildman–Crippen MR) is 100 cm³/mol. The van der Waals surface area contributed by atoms with Crippen molar-refractivity contribution in [3.8, 4) is 0 Å². The van der Waals surface area contributed by atoms with Gasteiger partial charge in [0.25, 0.3) is 0 Å². The second-order valence-corrected chi connectivity index (χ2v) is 6.46. The Morgan fingerprint density at radius 2 is 1.92 bits per heavy atom. The highest BCUT2D eigenvalue weighted by atomic mass is 16.3. The Morgan fingerprint density at radius 1 is 1.12 bits per heavy atom. The van der Waals surface area contributed by atoms with Gasteiger partial charge in [-0.1, -0.05) is 30.3 Å². The number of rotatable bonds is 4. The minimum atomic E-state index is -0.714. The smallest absolute Gasteiger partial charge is 0.227 e. The lowest BCUT2D eigenvalue weighted by Crippen LogP contribution is -2.35. The molecule has 7 heteroatoms. The monoisotopic (exact) mass is 350 g/mol. The quantitative estimate of drug-likeness (QED) is 0.750. The number of nitrogens with zero attached hydrogens (tertiary/aromatic N) is 5. The summed E-state index contributed by atoms with van der Waals surface area (Å²) in [4.78, 5) is 11.3. The first-order valence-corrected chi connectivity index (χ1v) is 8.72. The van der Waals surface area contributed by atoms with Gasteiger partial charge in [-0.25, -0.2) is 4.98 Å². The lowest BCUT2D eigenvalue weighted by molar-refractivity contribution is 0.214. The molecule has 0 fully saturated rings. The summed E-state index contributed by atoms with van der Waals surface area (Å²) in [5.74, 6) is 1.53. The number of fused-ring (bicyclic) bond motifs is 1. The number of aryl methyl sites for hydroxylation is 1. The standard InChI is InChI=1S/C19H22N6O/c1-13-10-17(20-2)22-19(21-13)24-8-9-25-15(12-24)11-16(23-25)18(26)14-6-4-3-5-7-14/h3-7,10-11,18,26H,8-9,12H2,1-2H3,(H,20,21,22)/t18-/m1/s1. The molecule has 0 unspecified atom stereocenters. The third-order valence-electron chi connectivity index (χ3n) is 4.59. The van der Waals surface area contributed by atoms with Crippen LogP contribution in [0, 0.1) is 6.92 Å². The summed E-state index contributed by atoms with van der Waals surface area (Å²) in [5.41, 5.74) is 3.51. The van der Waals surface area contributed by atoms with Crippen LogP contribution in [0.25, 0.3) is 0 Å². The molecule has 3 heterocycles. The van der Waals surface area contributed by atoms with Crippen LogP contribution < -0.4 is 10.2 Å². The van der Waals surface area contributed by atoms with E-state index in [1.54, 1.807) is 0 Å². The van der Waals surface area contributed by atoms with Crippen molar-refractivity contribution in [3.63, 3.8) is 0 Å². The number of anilines is 2. The molecular formula is C19H22N6O. The van der Waals surface area contributed by atoms with Gasteiger partial charge in [0.1, 0.15) is 11.9 Å². The highest BCUT2D eigenvalue weighted by molar-refractivity contribution is 5.44. The van der Waals surface area contributed by atoms with Crippen LogP contribution in [0.3, 0.4) is 0 Å². The van der Waals surface area contributed by atoms with E-state index in [9.17, 15) is 5.11 Å². The molecule has 26 heavy (non-hydrogen) atoms. The molecule has 2 N–H and O–H groups in total. The Bertz CT molecular complexity index is 908. The van der Waals surface area contributed by atoms with Gasteiger partial charge in [0.05, 0.1) is 24.5 Å². The SMILES string of the molecule is CNc1cc(C)nc(N2CCn3nc([C@H](O)c4ccccc4)cc3C2)n1. The Balaban J connectivity index is 1.58. The summed E-state index contributed by atoms with van der Waals surface area (Å²) in [6, 6.07) is 13.5. The van der Waals surface area contributed by atoms with Gasteiger partial charge in [-0.15, -0.1) is 0 Å². The van der Waals surface area contributed by atoms with Crippen molar-refractivity contribution < 1.29 is 5.11 Å². The molecule has 0 bridgehead atoms. The molecule has 1 aromatic carbocycles. The molecule has 0 saturated heterocycles. The van der Waals surface area contributed by atoms with E-state index in [4.69, 9.17) is 0 Å². The normalized spacial score (nSPS) is 14.8. The van der Waals surface area contributed by atoms with E-state index in [1.807, 2.05) is 61.1 Å². The van der Waals surface area contributed by atoms with Gasteiger partial charge < -0.3 is 15.3 Å². The predicted octanol–water partition coefficient (Wildman–Crippen LogP) is 2.13. The molecule has 2 aromatic heterocycles. The largest absolute Gasteiger partial charge is 0.382 e. The van der Waals surface area contributed by atoms with Crippen molar-refractivity contribution in [1.82, 2.24) is 19.7 Å². The van der Waals surface area contributed by atoms with E-state index < -0.39 is 6.10 Å². The number of hydrogen-bond donors (Lipinski definition) is 2. The maximum atomic E-state index is 10.6. The highest BCUT2D eigenvalue weighted by Crippen LogP contribution is 2.25. The molecule has 0 saturated carbocycles. The average molecular weight is 350 g/mol. The Morgan fingerprint density at radius 3 is 2.69 bits per heavy atom. The van der Waals surface area contributed by atoms with Crippen LogP contribution in [0.2, 0.25) is 0 Å². The first-order valence-electron chi connectivity index (χ1n) is 8.72. The van der Waals surface area contributed by atoms with Crippen LogP contribution in [0.15, 0.2) is 42.5 Å². The van der Waals surface area contributed by atoms with Crippen LogP contribution in [0.4, 0.5) is 11.8 Å². The second-order valence-electron chi connectivity index (χ2n) is 6.46. The van der Waals surface area contributed by atoms with Gasteiger partial charge in [-0.2, -0.15) is 10.1 Å². The summed E-state index contributed by atoms with van der Waals surface area (Å²) in [5, 5.41) is 18.3. The maximum absolute atomic E-state index is 10.6. The zero-order valence-corrected chi connectivity index (χ0v) is 14.9. The van der Waals surface area contributed by atoms with Crippen molar-refractivity contribution in [3.05, 3.63) is 65.1 Å². The molecule has 7 nitrogen and oxygen atoms in total. The second kappa shape index (κ2) is 6.76. The van der Waals surface area contributed by atoms with Crippen LogP contribution in [-0.4, -0.2) is 38.4 Å². The van der Waals surface area contributed by atoms with Gasteiger partial charge in [0.15, 0.2) is 0 Å². The zero-order valence-electron chi connectivity index (χ0n) is 14.9. The molecule has 0 amide bonds. The number of aromatic nitrogens is 4. The van der Waals surface area contributed by atoms with Crippen LogP contribution >= 0.6 is 0 Å². The molecular weight excluding hydrogens is 328 g/mol. The van der Waals surface area contributed by atoms with Gasteiger partial charge >= 0.3 is 0 Å². The van der Waals surface area contributed by atoms with E-state index >= 15 is 0 Å². The van der Waals surface area contributed by atoms with Gasteiger partial charge in [0.2, 0.25) is 5.95 Å². The summed E-state index contributed by atoms with van der Waals surface area (Å²) in [6.07, 6.45) is -0.714. The van der Waals surface area contributed by atoms with Gasteiger partial charge in [-0.3, -0.25) is 4.68 Å². The molecule has 134 valence electrons. The van der Waals surface area contributed by atoms with Crippen molar-refractivity contribution >= 4 is 11.8 Å². The number of nitrogens with one attached hydrogen (secondary N) is 1. The molecule has 3 aromatic rings. The maximum Gasteiger partial charge on any atom is 0.227 e. The van der Waals surface area contributed by atoms with E-state index in [1.165, 1.54) is 0 Å². The van der Waals surface area contributed by atoms with Gasteiger partial charge in [0, 0.05) is 25.4 Å². The molecule has 1 atom stereocenters. The van der Waals surface area contributed by atoms with Gasteiger partial charge in [-0.05, 0) is 18.6 Å². The number of benzene rings is 1. The minimum absolute atomic E-state index is 0.668. The van der Waals surface area contributed by atoms with Crippen molar-refractivity contribution in [2.24, 2.45) is 0 Å². The van der Waals surface area contributed by atoms with E-state index in [0.717, 1.165) is 35.9 Å². The van der Waals surface area contributed by atoms with Crippen molar-refractivity contribution in [2.45, 2.75) is 26.1 Å². The third-order valence-corrected chi connectivity index (χ3v) is 4.59. The number of aliphatic hydroxyl groups is 1. The fourth-order valence-corrected chi connectivity index (χ4v) is 3.22. The number of hydrogen-bond acceptors (Lipinski definition) is 6. The molecule has 1 aliphatic rings. The Hall–Kier alpha value is -2.93. The molecule has 0 aliphatic carbocycles. The molecule has 0 radical (unpaired) electrons. The first-order chi connectivity index (χ1) is 12.6. The van der Waals surface area contributed by atoms with Crippen molar-refractivity contribution in [2.75, 3.05) is 23.8 Å². The lowest BCUT2D eigenvalue weighted by Gasteiger charge is -2.28. The highest BCUT2D eigenvalue weighted by Gasteiger charge is 2.23. The molecule has 1 aliphatic heterocycles.